The normalized spacial score (nSPS) is 11.3. The molecule has 172 valence electrons. The van der Waals surface area contributed by atoms with Gasteiger partial charge in [0.2, 0.25) is 11.1 Å². The first-order chi connectivity index (χ1) is 16.0. The van der Waals surface area contributed by atoms with E-state index in [1.54, 1.807) is 30.5 Å². The van der Waals surface area contributed by atoms with Crippen molar-refractivity contribution >= 4 is 35.4 Å². The van der Waals surface area contributed by atoms with Gasteiger partial charge in [-0.05, 0) is 39.9 Å². The molecule has 0 aliphatic rings. The second-order valence-corrected chi connectivity index (χ2v) is 7.43. The van der Waals surface area contributed by atoms with E-state index >= 15 is 0 Å². The van der Waals surface area contributed by atoms with Gasteiger partial charge in [0.1, 0.15) is 13.2 Å². The number of alkyl carbamates (subject to hydrolysis) is 1. The Kier molecular flexibility index (Phi) is 8.36. The number of carbonyl (C=O) groups is 3. The Morgan fingerprint density at radius 2 is 1.91 bits per heavy atom. The number of hydrogen-bond donors (Lipinski definition) is 2. The van der Waals surface area contributed by atoms with Gasteiger partial charge >= 0.3 is 12.1 Å². The minimum Gasteiger partial charge on any atom is -0.467 e. The molecule has 0 unspecified atom stereocenters. The summed E-state index contributed by atoms with van der Waals surface area (Å²) in [5, 5.41) is 16.8. The minimum absolute atomic E-state index is 0.0475. The monoisotopic (exact) mass is 470 g/mol. The Bertz CT molecular complexity index is 1110. The molecule has 3 rings (SSSR count). The number of nitrogens with one attached hydrogen (secondary N) is 2. The molecule has 2 N–H and O–H groups in total. The number of nitrogens with zero attached hydrogens (tertiary/aromatic N) is 4. The van der Waals surface area contributed by atoms with Gasteiger partial charge in [0.25, 0.3) is 0 Å². The lowest BCUT2D eigenvalue weighted by Gasteiger charge is -2.18. The number of methoxy groups -OCH3 is 1. The Balaban J connectivity index is 1.66. The molecule has 0 aliphatic carbocycles. The van der Waals surface area contributed by atoms with Crippen LogP contribution in [0.25, 0.3) is 0 Å². The van der Waals surface area contributed by atoms with Gasteiger partial charge in [-0.25, -0.2) is 14.3 Å². The maximum absolute atomic E-state index is 12.4. The molecule has 2 aromatic carbocycles. The highest BCUT2D eigenvalue weighted by molar-refractivity contribution is 7.98. The van der Waals surface area contributed by atoms with Crippen molar-refractivity contribution in [2.45, 2.75) is 24.3 Å². The molecular formula is C21H22N6O5S. The highest BCUT2D eigenvalue weighted by Gasteiger charge is 2.25. The predicted octanol–water partition coefficient (Wildman–Crippen LogP) is 2.17. The van der Waals surface area contributed by atoms with Crippen molar-refractivity contribution in [2.24, 2.45) is 0 Å². The number of carbonyl (C=O) groups excluding carboxylic acids is 3. The van der Waals surface area contributed by atoms with Crippen molar-refractivity contribution in [2.75, 3.05) is 18.7 Å². The molecular weight excluding hydrogens is 448 g/mol. The fourth-order valence-electron chi connectivity index (χ4n) is 2.85. The quantitative estimate of drug-likeness (QED) is 0.356. The molecule has 1 atom stereocenters. The minimum atomic E-state index is -1.13. The number of benzene rings is 2. The van der Waals surface area contributed by atoms with E-state index < -0.39 is 18.1 Å². The second-order valence-electron chi connectivity index (χ2n) is 6.66. The second kappa shape index (κ2) is 11.6. The van der Waals surface area contributed by atoms with E-state index in [0.717, 1.165) is 5.56 Å². The van der Waals surface area contributed by atoms with E-state index in [-0.39, 0.29) is 19.1 Å². The van der Waals surface area contributed by atoms with Crippen molar-refractivity contribution in [1.29, 1.82) is 0 Å². The van der Waals surface area contributed by atoms with Crippen LogP contribution in [0.4, 0.5) is 10.5 Å². The Morgan fingerprint density at radius 1 is 1.12 bits per heavy atom. The van der Waals surface area contributed by atoms with Crippen LogP contribution in [0.15, 0.2) is 59.8 Å². The van der Waals surface area contributed by atoms with Crippen LogP contribution in [0.2, 0.25) is 0 Å². The lowest BCUT2D eigenvalue weighted by Crippen LogP contribution is -2.35. The summed E-state index contributed by atoms with van der Waals surface area (Å²) >= 11 is 1.31. The molecule has 1 aromatic heterocycles. The molecule has 0 aliphatic heterocycles. The van der Waals surface area contributed by atoms with E-state index in [9.17, 15) is 14.4 Å². The zero-order chi connectivity index (χ0) is 23.6. The zero-order valence-corrected chi connectivity index (χ0v) is 18.7. The molecule has 0 saturated carbocycles. The largest absolute Gasteiger partial charge is 0.467 e. The predicted molar refractivity (Wildman–Crippen MR) is 119 cm³/mol. The van der Waals surface area contributed by atoms with Gasteiger partial charge < -0.3 is 20.1 Å². The van der Waals surface area contributed by atoms with E-state index in [1.165, 1.54) is 23.6 Å². The molecule has 1 heterocycles. The maximum Gasteiger partial charge on any atom is 0.408 e. The number of hydrogen-bond acceptors (Lipinski definition) is 9. The Morgan fingerprint density at radius 3 is 2.64 bits per heavy atom. The fourth-order valence-corrected chi connectivity index (χ4v) is 3.28. The highest BCUT2D eigenvalue weighted by Crippen LogP contribution is 2.20. The number of ether oxygens (including phenoxy) is 2. The molecule has 3 aromatic rings. The van der Waals surface area contributed by atoms with Gasteiger partial charge in [0, 0.05) is 5.69 Å². The summed E-state index contributed by atoms with van der Waals surface area (Å²) in [6.07, 6.45) is 1.01. The van der Waals surface area contributed by atoms with E-state index in [2.05, 4.69) is 26.2 Å². The SMILES string of the molecule is COC(=O)[C@@H](NC(=O)OCc1ccccc1)c1cccc(NC(=O)Cn2nnnc2SC)c1. The first-order valence-electron chi connectivity index (χ1n) is 9.75. The number of aromatic nitrogens is 4. The first kappa shape index (κ1) is 23.7. The molecule has 2 amide bonds. The number of rotatable bonds is 9. The fraction of sp³-hybridized carbons (Fsp3) is 0.238. The maximum atomic E-state index is 12.4. The standard InChI is InChI=1S/C21H22N6O5S/c1-31-19(29)18(23-21(30)32-13-14-7-4-3-5-8-14)15-9-6-10-16(11-15)22-17(28)12-27-20(33-2)24-25-26-27/h3-11,18H,12-13H2,1-2H3,(H,22,28)(H,23,30)/t18-/m0/s1. The molecule has 12 heteroatoms. The molecule has 0 spiro atoms. The van der Waals surface area contributed by atoms with Crippen LogP contribution >= 0.6 is 11.8 Å². The lowest BCUT2D eigenvalue weighted by molar-refractivity contribution is -0.143. The molecule has 0 fully saturated rings. The third-order valence-electron chi connectivity index (χ3n) is 4.39. The van der Waals surface area contributed by atoms with Crippen LogP contribution in [-0.2, 0) is 32.2 Å². The van der Waals surface area contributed by atoms with Gasteiger partial charge in [-0.15, -0.1) is 5.10 Å². The average Bonchev–Trinajstić information content (AvgIpc) is 3.28. The summed E-state index contributed by atoms with van der Waals surface area (Å²) in [5.74, 6) is -1.05. The van der Waals surface area contributed by atoms with Crippen molar-refractivity contribution in [3.8, 4) is 0 Å². The van der Waals surface area contributed by atoms with Crippen LogP contribution in [0.5, 0.6) is 0 Å². The van der Waals surface area contributed by atoms with Crippen molar-refractivity contribution in [3.05, 3.63) is 65.7 Å². The number of tetrazole rings is 1. The summed E-state index contributed by atoms with van der Waals surface area (Å²) < 4.78 is 11.4. The van der Waals surface area contributed by atoms with E-state index in [0.29, 0.717) is 16.4 Å². The van der Waals surface area contributed by atoms with Crippen LogP contribution in [0.1, 0.15) is 17.2 Å². The Hall–Kier alpha value is -3.93. The number of esters is 1. The topological polar surface area (TPSA) is 137 Å². The van der Waals surface area contributed by atoms with Crippen molar-refractivity contribution in [1.82, 2.24) is 25.5 Å². The number of anilines is 1. The Labute approximate surface area is 193 Å². The molecule has 11 nitrogen and oxygen atoms in total. The van der Waals surface area contributed by atoms with Crippen molar-refractivity contribution in [3.63, 3.8) is 0 Å². The van der Waals surface area contributed by atoms with Crippen LogP contribution in [-0.4, -0.2) is 51.5 Å². The van der Waals surface area contributed by atoms with Crippen LogP contribution in [0, 0.1) is 0 Å². The van der Waals surface area contributed by atoms with Crippen LogP contribution < -0.4 is 10.6 Å². The van der Waals surface area contributed by atoms with E-state index in [4.69, 9.17) is 9.47 Å². The van der Waals surface area contributed by atoms with Gasteiger partial charge in [0.05, 0.1) is 7.11 Å². The van der Waals surface area contributed by atoms with Gasteiger partial charge in [-0.1, -0.05) is 54.2 Å². The molecule has 0 radical (unpaired) electrons. The first-order valence-corrected chi connectivity index (χ1v) is 11.0. The summed E-state index contributed by atoms with van der Waals surface area (Å²) in [4.78, 5) is 37.0. The van der Waals surface area contributed by atoms with Gasteiger partial charge in [-0.2, -0.15) is 0 Å². The van der Waals surface area contributed by atoms with Gasteiger partial charge in [-0.3, -0.25) is 4.79 Å². The molecule has 33 heavy (non-hydrogen) atoms. The summed E-state index contributed by atoms with van der Waals surface area (Å²) in [6, 6.07) is 14.5. The van der Waals surface area contributed by atoms with E-state index in [1.807, 2.05) is 30.3 Å². The summed E-state index contributed by atoms with van der Waals surface area (Å²) in [5.41, 5.74) is 1.63. The average molecular weight is 471 g/mol. The summed E-state index contributed by atoms with van der Waals surface area (Å²) in [6.45, 7) is -0.0380. The molecule has 0 saturated heterocycles. The van der Waals surface area contributed by atoms with Crippen molar-refractivity contribution < 1.29 is 23.9 Å². The third-order valence-corrected chi connectivity index (χ3v) is 5.05. The smallest absolute Gasteiger partial charge is 0.408 e. The van der Waals surface area contributed by atoms with Gasteiger partial charge in [0.15, 0.2) is 6.04 Å². The highest BCUT2D eigenvalue weighted by atomic mass is 32.2. The van der Waals surface area contributed by atoms with Crippen LogP contribution in [0.3, 0.4) is 0 Å². The number of amides is 2. The lowest BCUT2D eigenvalue weighted by atomic mass is 10.1. The molecule has 0 bridgehead atoms. The zero-order valence-electron chi connectivity index (χ0n) is 17.9. The summed E-state index contributed by atoms with van der Waals surface area (Å²) in [7, 11) is 1.22. The third kappa shape index (κ3) is 6.77. The number of thioether (sulfide) groups is 1.